The minimum atomic E-state index is 0. The van der Waals surface area contributed by atoms with E-state index in [1.807, 2.05) is 0 Å². The summed E-state index contributed by atoms with van der Waals surface area (Å²) in [4.78, 5) is 0. The van der Waals surface area contributed by atoms with Crippen LogP contribution in [0.15, 0.2) is 0 Å². The molecule has 5 radical (unpaired) electrons. The zero-order valence-corrected chi connectivity index (χ0v) is 11.5. The molecule has 0 unspecified atom stereocenters. The third-order valence-electron chi connectivity index (χ3n) is 0. The molecular weight excluding hydrogens is 336 g/mol. The van der Waals surface area contributed by atoms with Gasteiger partial charge in [-0.05, 0) is 0 Å². The largest absolute Gasteiger partial charge is 0 e. The van der Waals surface area contributed by atoms with Gasteiger partial charge in [0.05, 0.1) is 0 Å². The van der Waals surface area contributed by atoms with E-state index in [1.165, 1.54) is 0 Å². The fourth-order valence-electron chi connectivity index (χ4n) is 0. The van der Waals surface area contributed by atoms with E-state index in [9.17, 15) is 0 Å². The van der Waals surface area contributed by atoms with Gasteiger partial charge in [-0.2, -0.15) is 0 Å². The Labute approximate surface area is 151 Å². The van der Waals surface area contributed by atoms with Crippen LogP contribution >= 0.6 is 0 Å². The summed E-state index contributed by atoms with van der Waals surface area (Å²) in [5, 5.41) is 0. The predicted molar refractivity (Wildman–Crippen MR) is 17.3 cm³/mol. The Morgan fingerprint density at radius 2 is 1.00 bits per heavy atom. The van der Waals surface area contributed by atoms with Gasteiger partial charge in [0.1, 0.15) is 0 Å². The molecule has 0 aliphatic carbocycles. The van der Waals surface area contributed by atoms with Crippen molar-refractivity contribution in [3.8, 4) is 0 Å². The quantitative estimate of drug-likeness (QED) is 0.491. The molecule has 0 spiro atoms. The smallest absolute Gasteiger partial charge is 0 e. The van der Waals surface area contributed by atoms with Gasteiger partial charge in [0.25, 0.3) is 0 Å². The van der Waals surface area contributed by atoms with Gasteiger partial charge in [-0.1, -0.05) is 0 Å². The van der Waals surface area contributed by atoms with E-state index in [0.717, 1.165) is 0 Å². The molecule has 0 saturated heterocycles. The SMILES string of the molecule is [Ca].[Li].[Na].[Nb].[Yb]. The first-order valence-corrected chi connectivity index (χ1v) is 0. The van der Waals surface area contributed by atoms with E-state index in [0.29, 0.717) is 0 Å². The maximum absolute atomic E-state index is 0. The van der Waals surface area contributed by atoms with E-state index in [4.69, 9.17) is 0 Å². The second kappa shape index (κ2) is 22.9. The van der Waals surface area contributed by atoms with Crippen molar-refractivity contribution in [1.82, 2.24) is 0 Å². The fraction of sp³-hybridized carbons (Fsp3) is 0. The molecule has 0 saturated carbocycles. The van der Waals surface area contributed by atoms with E-state index >= 15 is 0 Å². The molecule has 0 aromatic rings. The first kappa shape index (κ1) is 32.1. The molecule has 0 aromatic heterocycles. The third kappa shape index (κ3) is 17.6. The van der Waals surface area contributed by atoms with Crippen molar-refractivity contribution in [2.75, 3.05) is 0 Å². The Hall–Kier alpha value is 5.12. The minimum Gasteiger partial charge on any atom is 0 e. The molecule has 0 nitrogen and oxygen atoms in total. The van der Waals surface area contributed by atoms with E-state index in [1.54, 1.807) is 0 Å². The zero-order chi connectivity index (χ0) is 0. The average molecular weight is 336 g/mol. The Kier molecular flexibility index (Phi) is 147. The molecule has 0 aromatic carbocycles. The van der Waals surface area contributed by atoms with Crippen molar-refractivity contribution >= 4 is 86.2 Å². The van der Waals surface area contributed by atoms with Crippen molar-refractivity contribution in [1.29, 1.82) is 0 Å². The van der Waals surface area contributed by atoms with Gasteiger partial charge >= 0.3 is 0 Å². The third-order valence-corrected chi connectivity index (χ3v) is 0. The standard InChI is InChI=1S/Ca.Li.Na.Nb.Yb. The van der Waals surface area contributed by atoms with Gasteiger partial charge in [0.15, 0.2) is 0 Å². The molecule has 0 fully saturated rings. The Bertz CT molecular complexity index is 11.6. The molecule has 5 heteroatoms. The van der Waals surface area contributed by atoms with Crippen LogP contribution in [0.2, 0.25) is 0 Å². The Balaban J connectivity index is 0. The zero-order valence-electron chi connectivity index (χ0n) is 3.42. The summed E-state index contributed by atoms with van der Waals surface area (Å²) in [5.41, 5.74) is 0. The second-order valence-corrected chi connectivity index (χ2v) is 0. The van der Waals surface area contributed by atoms with Gasteiger partial charge in [-0.25, -0.2) is 0 Å². The molecule has 0 aliphatic heterocycles. The van der Waals surface area contributed by atoms with E-state index in [-0.39, 0.29) is 155 Å². The summed E-state index contributed by atoms with van der Waals surface area (Å²) in [7, 11) is 0. The molecule has 0 heterocycles. The summed E-state index contributed by atoms with van der Waals surface area (Å²) in [6.45, 7) is 0. The Morgan fingerprint density at radius 1 is 1.00 bits per heavy atom. The van der Waals surface area contributed by atoms with Crippen molar-refractivity contribution in [3.05, 3.63) is 0 Å². The number of hydrogen-bond acceptors (Lipinski definition) is 0. The summed E-state index contributed by atoms with van der Waals surface area (Å²) < 4.78 is 0. The first-order chi connectivity index (χ1) is 0. The molecule has 23 valence electrons. The average Bonchev–Trinajstić information content (AvgIpc) is 0. The fourth-order valence-corrected chi connectivity index (χ4v) is 0. The summed E-state index contributed by atoms with van der Waals surface area (Å²) in [6, 6.07) is 0. The normalized spacial score (nSPS) is 0. The van der Waals surface area contributed by atoms with E-state index in [2.05, 4.69) is 0 Å². The van der Waals surface area contributed by atoms with Crippen LogP contribution in [0.4, 0.5) is 0 Å². The van der Waals surface area contributed by atoms with Crippen LogP contribution in [0.25, 0.3) is 0 Å². The van der Waals surface area contributed by atoms with Crippen LogP contribution < -0.4 is 0 Å². The molecule has 5 heavy (non-hydrogen) atoms. The van der Waals surface area contributed by atoms with Crippen molar-refractivity contribution in [2.45, 2.75) is 0 Å². The van der Waals surface area contributed by atoms with Crippen molar-refractivity contribution in [3.63, 3.8) is 0 Å². The van der Waals surface area contributed by atoms with Crippen molar-refractivity contribution < 1.29 is 69.3 Å². The molecule has 0 bridgehead atoms. The van der Waals surface area contributed by atoms with Crippen LogP contribution in [-0.2, 0) is 22.4 Å². The van der Waals surface area contributed by atoms with Gasteiger partial charge in [-0.3, -0.25) is 0 Å². The monoisotopic (exact) mass is 337 g/mol. The Morgan fingerprint density at radius 3 is 1.00 bits per heavy atom. The summed E-state index contributed by atoms with van der Waals surface area (Å²) >= 11 is 0. The second-order valence-electron chi connectivity index (χ2n) is 0. The topological polar surface area (TPSA) is 0 Å². The van der Waals surface area contributed by atoms with E-state index < -0.39 is 0 Å². The molecule has 0 N–H and O–H groups in total. The summed E-state index contributed by atoms with van der Waals surface area (Å²) in [5.74, 6) is 0. The van der Waals surface area contributed by atoms with Crippen LogP contribution in [0.5, 0.6) is 0 Å². The number of hydrogen-bond donors (Lipinski definition) is 0. The van der Waals surface area contributed by atoms with Crippen LogP contribution in [0.3, 0.4) is 0 Å². The van der Waals surface area contributed by atoms with Crippen LogP contribution in [-0.4, -0.2) is 86.2 Å². The first-order valence-electron chi connectivity index (χ1n) is 0. The molecule has 0 aliphatic rings. The number of rotatable bonds is 0. The summed E-state index contributed by atoms with van der Waals surface area (Å²) in [6.07, 6.45) is 0. The molecule has 0 rings (SSSR count). The van der Waals surface area contributed by atoms with Crippen molar-refractivity contribution in [2.24, 2.45) is 0 Å². The molecule has 0 amide bonds. The van der Waals surface area contributed by atoms with Gasteiger partial charge in [0.2, 0.25) is 0 Å². The maximum Gasteiger partial charge on any atom is 0 e. The predicted octanol–water partition coefficient (Wildman–Crippen LogP) is -1.14. The minimum absolute atomic E-state index is 0. The van der Waals surface area contributed by atoms with Crippen LogP contribution in [0, 0.1) is 46.9 Å². The van der Waals surface area contributed by atoms with Gasteiger partial charge in [-0.15, -0.1) is 0 Å². The van der Waals surface area contributed by atoms with Gasteiger partial charge < -0.3 is 0 Å². The molecule has 0 atom stereocenters. The molecular formula is CaLiNaNbYb. The van der Waals surface area contributed by atoms with Crippen LogP contribution in [0.1, 0.15) is 0 Å². The maximum atomic E-state index is 0. The van der Waals surface area contributed by atoms with Gasteiger partial charge in [0, 0.05) is 155 Å².